The number of alkyl halides is 3. The van der Waals surface area contributed by atoms with E-state index in [0.717, 1.165) is 24.3 Å². The van der Waals surface area contributed by atoms with E-state index < -0.39 is 34.8 Å². The second-order valence-electron chi connectivity index (χ2n) is 3.73. The first-order chi connectivity index (χ1) is 8.64. The molecule has 0 bridgehead atoms. The fraction of sp³-hybridized carbons (Fsp3) is 0.400. The van der Waals surface area contributed by atoms with E-state index >= 15 is 0 Å². The summed E-state index contributed by atoms with van der Waals surface area (Å²) < 4.78 is 65.3. The SMILES string of the molecule is C[C@@H](CO)NS(=O)(=O)c1cccc(OC(F)(F)F)c1. The van der Waals surface area contributed by atoms with Gasteiger partial charge < -0.3 is 9.84 Å². The topological polar surface area (TPSA) is 75.6 Å². The van der Waals surface area contributed by atoms with Crippen LogP contribution in [0, 0.1) is 0 Å². The highest BCUT2D eigenvalue weighted by atomic mass is 32.2. The number of aliphatic hydroxyl groups is 1. The lowest BCUT2D eigenvalue weighted by Crippen LogP contribution is -2.35. The van der Waals surface area contributed by atoms with E-state index in [4.69, 9.17) is 5.11 Å². The third-order valence-electron chi connectivity index (χ3n) is 1.98. The monoisotopic (exact) mass is 299 g/mol. The standard InChI is InChI=1S/C10H12F3NO4S/c1-7(6-15)14-19(16,17)9-4-2-3-8(5-9)18-10(11,12)13/h2-5,7,14-15H,6H2,1H3/t7-/m0/s1. The Morgan fingerprint density at radius 2 is 2.05 bits per heavy atom. The highest BCUT2D eigenvalue weighted by Crippen LogP contribution is 2.24. The highest BCUT2D eigenvalue weighted by molar-refractivity contribution is 7.89. The predicted octanol–water partition coefficient (Wildman–Crippen LogP) is 1.24. The number of rotatable bonds is 5. The maximum absolute atomic E-state index is 12.0. The Bertz CT molecular complexity index is 530. The fourth-order valence-electron chi connectivity index (χ4n) is 1.21. The molecule has 0 radical (unpaired) electrons. The lowest BCUT2D eigenvalue weighted by atomic mass is 10.3. The van der Waals surface area contributed by atoms with E-state index in [0.29, 0.717) is 0 Å². The van der Waals surface area contributed by atoms with Crippen LogP contribution in [0.3, 0.4) is 0 Å². The van der Waals surface area contributed by atoms with Crippen molar-refractivity contribution in [1.29, 1.82) is 0 Å². The van der Waals surface area contributed by atoms with E-state index in [1.165, 1.54) is 6.92 Å². The molecule has 0 fully saturated rings. The third-order valence-corrected chi connectivity index (χ3v) is 3.57. The van der Waals surface area contributed by atoms with Gasteiger partial charge in [0.05, 0.1) is 11.5 Å². The average Bonchev–Trinajstić information content (AvgIpc) is 2.26. The van der Waals surface area contributed by atoms with Crippen molar-refractivity contribution in [2.45, 2.75) is 24.2 Å². The van der Waals surface area contributed by atoms with Crippen molar-refractivity contribution in [1.82, 2.24) is 4.72 Å². The molecule has 0 aliphatic carbocycles. The molecule has 0 amide bonds. The molecule has 0 saturated heterocycles. The molecule has 2 N–H and O–H groups in total. The zero-order valence-electron chi connectivity index (χ0n) is 9.81. The largest absolute Gasteiger partial charge is 0.573 e. The Kier molecular flexibility index (Phi) is 4.77. The summed E-state index contributed by atoms with van der Waals surface area (Å²) in [4.78, 5) is -0.380. The molecule has 0 heterocycles. The fourth-order valence-corrected chi connectivity index (χ4v) is 2.48. The maximum Gasteiger partial charge on any atom is 0.573 e. The van der Waals surface area contributed by atoms with E-state index in [9.17, 15) is 21.6 Å². The van der Waals surface area contributed by atoms with Crippen LogP contribution in [0.1, 0.15) is 6.92 Å². The molecule has 0 spiro atoms. The number of ether oxygens (including phenoxy) is 1. The number of aliphatic hydroxyl groups excluding tert-OH is 1. The van der Waals surface area contributed by atoms with Crippen molar-refractivity contribution in [3.63, 3.8) is 0 Å². The first-order valence-corrected chi connectivity index (χ1v) is 6.61. The van der Waals surface area contributed by atoms with Crippen LogP contribution in [0.5, 0.6) is 5.75 Å². The summed E-state index contributed by atoms with van der Waals surface area (Å²) in [6.45, 7) is 0.978. The molecule has 0 aliphatic rings. The van der Waals surface area contributed by atoms with E-state index in [-0.39, 0.29) is 4.90 Å². The molecule has 1 atom stereocenters. The first-order valence-electron chi connectivity index (χ1n) is 5.13. The summed E-state index contributed by atoms with van der Waals surface area (Å²) >= 11 is 0. The molecule has 1 rings (SSSR count). The minimum Gasteiger partial charge on any atom is -0.406 e. The van der Waals surface area contributed by atoms with Gasteiger partial charge in [0.25, 0.3) is 0 Å². The summed E-state index contributed by atoms with van der Waals surface area (Å²) in [5.41, 5.74) is 0. The molecule has 9 heteroatoms. The van der Waals surface area contributed by atoms with Crippen molar-refractivity contribution in [3.05, 3.63) is 24.3 Å². The van der Waals surface area contributed by atoms with Gasteiger partial charge in [-0.25, -0.2) is 13.1 Å². The second-order valence-corrected chi connectivity index (χ2v) is 5.44. The van der Waals surface area contributed by atoms with E-state index in [1.54, 1.807) is 0 Å². The van der Waals surface area contributed by atoms with Gasteiger partial charge in [0.2, 0.25) is 10.0 Å². The van der Waals surface area contributed by atoms with Crippen LogP contribution >= 0.6 is 0 Å². The van der Waals surface area contributed by atoms with Gasteiger partial charge in [-0.1, -0.05) is 6.07 Å². The molecule has 0 aromatic heterocycles. The average molecular weight is 299 g/mol. The number of halogens is 3. The minimum atomic E-state index is -4.89. The summed E-state index contributed by atoms with van der Waals surface area (Å²) in [6.07, 6.45) is -4.89. The van der Waals surface area contributed by atoms with Crippen LogP contribution < -0.4 is 9.46 Å². The maximum atomic E-state index is 12.0. The van der Waals surface area contributed by atoms with Crippen LogP contribution in [0.2, 0.25) is 0 Å². The number of hydrogen-bond donors (Lipinski definition) is 2. The van der Waals surface area contributed by atoms with Crippen molar-refractivity contribution in [2.75, 3.05) is 6.61 Å². The van der Waals surface area contributed by atoms with Crippen molar-refractivity contribution >= 4 is 10.0 Å². The zero-order chi connectivity index (χ0) is 14.7. The van der Waals surface area contributed by atoms with Gasteiger partial charge in [-0.3, -0.25) is 0 Å². The number of nitrogens with one attached hydrogen (secondary N) is 1. The summed E-state index contributed by atoms with van der Waals surface area (Å²) in [5.74, 6) is -0.632. The van der Waals surface area contributed by atoms with Crippen molar-refractivity contribution in [3.8, 4) is 5.75 Å². The molecule has 1 aromatic carbocycles. The smallest absolute Gasteiger partial charge is 0.406 e. The van der Waals surface area contributed by atoms with Crippen LogP contribution in [0.4, 0.5) is 13.2 Å². The van der Waals surface area contributed by atoms with Gasteiger partial charge in [-0.2, -0.15) is 0 Å². The number of benzene rings is 1. The highest BCUT2D eigenvalue weighted by Gasteiger charge is 2.31. The quantitative estimate of drug-likeness (QED) is 0.858. The Morgan fingerprint density at radius 1 is 1.42 bits per heavy atom. The van der Waals surface area contributed by atoms with Gasteiger partial charge in [0.15, 0.2) is 0 Å². The van der Waals surface area contributed by atoms with Crippen molar-refractivity contribution in [2.24, 2.45) is 0 Å². The van der Waals surface area contributed by atoms with Crippen molar-refractivity contribution < 1.29 is 31.4 Å². The minimum absolute atomic E-state index is 0.380. The normalized spacial score (nSPS) is 14.2. The molecule has 0 aliphatic heterocycles. The van der Waals surface area contributed by atoms with E-state index in [1.807, 2.05) is 0 Å². The van der Waals surface area contributed by atoms with Crippen LogP contribution in [0.25, 0.3) is 0 Å². The van der Waals surface area contributed by atoms with Gasteiger partial charge in [0.1, 0.15) is 5.75 Å². The Hall–Kier alpha value is -1.32. The Morgan fingerprint density at radius 3 is 2.58 bits per heavy atom. The summed E-state index contributed by atoms with van der Waals surface area (Å²) in [7, 11) is -4.01. The predicted molar refractivity (Wildman–Crippen MR) is 60.0 cm³/mol. The molecule has 0 saturated carbocycles. The van der Waals surface area contributed by atoms with Gasteiger partial charge in [-0.05, 0) is 19.1 Å². The van der Waals surface area contributed by atoms with Crippen LogP contribution in [-0.2, 0) is 10.0 Å². The molecule has 5 nitrogen and oxygen atoms in total. The van der Waals surface area contributed by atoms with E-state index in [2.05, 4.69) is 9.46 Å². The molecular formula is C10H12F3NO4S. The first kappa shape index (κ1) is 15.7. The van der Waals surface area contributed by atoms with Crippen LogP contribution in [-0.4, -0.2) is 32.5 Å². The van der Waals surface area contributed by atoms with Crippen LogP contribution in [0.15, 0.2) is 29.2 Å². The van der Waals surface area contributed by atoms with Gasteiger partial charge in [0, 0.05) is 12.1 Å². The molecule has 108 valence electrons. The Balaban J connectivity index is 2.99. The zero-order valence-corrected chi connectivity index (χ0v) is 10.6. The molecule has 19 heavy (non-hydrogen) atoms. The van der Waals surface area contributed by atoms with Gasteiger partial charge in [-0.15, -0.1) is 13.2 Å². The second kappa shape index (κ2) is 5.76. The summed E-state index contributed by atoms with van der Waals surface area (Å²) in [6, 6.07) is 3.23. The third kappa shape index (κ3) is 5.05. The van der Waals surface area contributed by atoms with Gasteiger partial charge >= 0.3 is 6.36 Å². The lowest BCUT2D eigenvalue weighted by Gasteiger charge is -2.13. The number of sulfonamides is 1. The lowest BCUT2D eigenvalue weighted by molar-refractivity contribution is -0.274. The summed E-state index contributed by atoms with van der Waals surface area (Å²) in [5, 5.41) is 8.75. The number of hydrogen-bond acceptors (Lipinski definition) is 4. The molecular weight excluding hydrogens is 287 g/mol. The molecule has 1 aromatic rings. The Labute approximate surface area is 108 Å². The molecule has 0 unspecified atom stereocenters.